The second-order valence-corrected chi connectivity index (χ2v) is 7.98. The van der Waals surface area contributed by atoms with Crippen LogP contribution in [0.15, 0.2) is 29.6 Å². The van der Waals surface area contributed by atoms with Gasteiger partial charge in [0.25, 0.3) is 0 Å². The maximum absolute atomic E-state index is 12.6. The van der Waals surface area contributed by atoms with Gasteiger partial charge in [-0.05, 0) is 36.5 Å². The standard InChI is InChI=1S/C19H20N4OS/c1-10-8-23(13-6-19(2,3)7-14(24)15(10)13)12-5-4-11-16(17(12)25)21-9-22-18(11)20/h4-5,8-9,25H,6-7H2,1-3H3,(H2,20,21,22). The van der Waals surface area contributed by atoms with E-state index < -0.39 is 0 Å². The zero-order valence-electron chi connectivity index (χ0n) is 14.5. The summed E-state index contributed by atoms with van der Waals surface area (Å²) in [5, 5.41) is 0.783. The molecule has 1 aliphatic rings. The molecule has 1 aromatic carbocycles. The number of carbonyl (C=O) groups excluding carboxylic acids is 1. The molecule has 2 aromatic heterocycles. The molecule has 0 amide bonds. The summed E-state index contributed by atoms with van der Waals surface area (Å²) in [5.74, 6) is 0.657. The number of benzene rings is 1. The van der Waals surface area contributed by atoms with Crippen molar-refractivity contribution in [2.24, 2.45) is 5.41 Å². The second kappa shape index (κ2) is 5.33. The van der Waals surface area contributed by atoms with E-state index in [0.717, 1.165) is 44.7 Å². The van der Waals surface area contributed by atoms with Gasteiger partial charge in [-0.25, -0.2) is 9.97 Å². The third kappa shape index (κ3) is 2.43. The van der Waals surface area contributed by atoms with E-state index in [1.807, 2.05) is 25.3 Å². The zero-order chi connectivity index (χ0) is 17.9. The van der Waals surface area contributed by atoms with E-state index in [4.69, 9.17) is 18.4 Å². The van der Waals surface area contributed by atoms with Crippen molar-refractivity contribution in [3.8, 4) is 5.69 Å². The van der Waals surface area contributed by atoms with Crippen LogP contribution in [0.4, 0.5) is 5.82 Å². The molecule has 0 saturated carbocycles. The van der Waals surface area contributed by atoms with Crippen molar-refractivity contribution in [2.75, 3.05) is 5.73 Å². The van der Waals surface area contributed by atoms with Crippen molar-refractivity contribution in [1.29, 1.82) is 0 Å². The fourth-order valence-electron chi connectivity index (χ4n) is 3.81. The number of carbonyl (C=O) groups is 1. The molecular weight excluding hydrogens is 332 g/mol. The maximum Gasteiger partial charge on any atom is 0.165 e. The van der Waals surface area contributed by atoms with Gasteiger partial charge < -0.3 is 10.3 Å². The van der Waals surface area contributed by atoms with Crippen LogP contribution >= 0.6 is 12.6 Å². The van der Waals surface area contributed by atoms with E-state index in [9.17, 15) is 4.79 Å². The molecule has 0 bridgehead atoms. The lowest BCUT2D eigenvalue weighted by atomic mass is 9.75. The summed E-state index contributed by atoms with van der Waals surface area (Å²) in [6.45, 7) is 6.26. The number of nitrogens with zero attached hydrogens (tertiary/aromatic N) is 3. The number of anilines is 1. The van der Waals surface area contributed by atoms with E-state index in [-0.39, 0.29) is 11.2 Å². The second-order valence-electron chi connectivity index (χ2n) is 7.53. The number of nitrogens with two attached hydrogens (primary N) is 1. The molecule has 2 N–H and O–H groups in total. The number of thiol groups is 1. The van der Waals surface area contributed by atoms with Gasteiger partial charge in [0.05, 0.1) is 16.1 Å². The molecule has 0 radical (unpaired) electrons. The van der Waals surface area contributed by atoms with Crippen molar-refractivity contribution in [3.63, 3.8) is 0 Å². The number of Topliss-reactive ketones (excluding diaryl/α,β-unsaturated/α-hetero) is 1. The van der Waals surface area contributed by atoms with Crippen LogP contribution in [0.25, 0.3) is 16.6 Å². The van der Waals surface area contributed by atoms with Gasteiger partial charge >= 0.3 is 0 Å². The molecule has 0 unspecified atom stereocenters. The highest BCUT2D eigenvalue weighted by Crippen LogP contribution is 2.39. The average molecular weight is 352 g/mol. The smallest absolute Gasteiger partial charge is 0.165 e. The van der Waals surface area contributed by atoms with Crippen molar-refractivity contribution in [2.45, 2.75) is 38.5 Å². The summed E-state index contributed by atoms with van der Waals surface area (Å²) in [6.07, 6.45) is 4.90. The number of ketones is 1. The first-order valence-corrected chi connectivity index (χ1v) is 8.70. The first-order chi connectivity index (χ1) is 11.8. The molecule has 0 saturated heterocycles. The van der Waals surface area contributed by atoms with Crippen LogP contribution in [0.3, 0.4) is 0 Å². The van der Waals surface area contributed by atoms with Gasteiger partial charge in [-0.15, -0.1) is 12.6 Å². The van der Waals surface area contributed by atoms with Crippen molar-refractivity contribution >= 4 is 35.1 Å². The van der Waals surface area contributed by atoms with Crippen LogP contribution in [-0.2, 0) is 6.42 Å². The summed E-state index contributed by atoms with van der Waals surface area (Å²) < 4.78 is 2.09. The Morgan fingerprint density at radius 3 is 2.76 bits per heavy atom. The minimum atomic E-state index is -0.0488. The number of aromatic nitrogens is 3. The van der Waals surface area contributed by atoms with Gasteiger partial charge in [-0.1, -0.05) is 13.8 Å². The molecular formula is C19H20N4OS. The van der Waals surface area contributed by atoms with Gasteiger partial charge in [0.1, 0.15) is 12.1 Å². The summed E-state index contributed by atoms with van der Waals surface area (Å²) >= 11 is 4.71. The summed E-state index contributed by atoms with van der Waals surface area (Å²) in [5.41, 5.74) is 10.4. The lowest BCUT2D eigenvalue weighted by molar-refractivity contribution is 0.0910. The monoisotopic (exact) mass is 352 g/mol. The molecule has 25 heavy (non-hydrogen) atoms. The first-order valence-electron chi connectivity index (χ1n) is 8.25. The number of rotatable bonds is 1. The Kier molecular flexibility index (Phi) is 3.44. The number of aryl methyl sites for hydroxylation is 1. The highest BCUT2D eigenvalue weighted by atomic mass is 32.1. The fraction of sp³-hybridized carbons (Fsp3) is 0.316. The van der Waals surface area contributed by atoms with Gasteiger partial charge in [-0.2, -0.15) is 0 Å². The van der Waals surface area contributed by atoms with Gasteiger partial charge in [-0.3, -0.25) is 4.79 Å². The summed E-state index contributed by atoms with van der Waals surface area (Å²) in [6, 6.07) is 3.88. The quantitative estimate of drug-likeness (QED) is 0.654. The average Bonchev–Trinajstić information content (AvgIpc) is 2.84. The van der Waals surface area contributed by atoms with Crippen LogP contribution < -0.4 is 5.73 Å². The molecule has 0 atom stereocenters. The Bertz CT molecular complexity index is 1040. The van der Waals surface area contributed by atoms with Crippen LogP contribution in [0.1, 0.15) is 41.9 Å². The van der Waals surface area contributed by atoms with Gasteiger partial charge in [0.2, 0.25) is 0 Å². The van der Waals surface area contributed by atoms with Crippen LogP contribution in [0.2, 0.25) is 0 Å². The SMILES string of the molecule is Cc1cn(-c2ccc3c(N)ncnc3c2S)c2c1C(=O)CC(C)(C)C2. The highest BCUT2D eigenvalue weighted by molar-refractivity contribution is 7.80. The molecule has 1 aliphatic carbocycles. The lowest BCUT2D eigenvalue weighted by Crippen LogP contribution is -2.28. The van der Waals surface area contributed by atoms with Gasteiger partial charge in [0, 0.05) is 29.3 Å². The van der Waals surface area contributed by atoms with E-state index >= 15 is 0 Å². The van der Waals surface area contributed by atoms with E-state index in [2.05, 4.69) is 28.4 Å². The molecule has 0 spiro atoms. The van der Waals surface area contributed by atoms with Crippen molar-refractivity contribution in [3.05, 3.63) is 41.5 Å². The van der Waals surface area contributed by atoms with Crippen molar-refractivity contribution < 1.29 is 4.79 Å². The molecule has 5 nitrogen and oxygen atoms in total. The van der Waals surface area contributed by atoms with Crippen LogP contribution in [0.5, 0.6) is 0 Å². The molecule has 0 fully saturated rings. The highest BCUT2D eigenvalue weighted by Gasteiger charge is 2.35. The van der Waals surface area contributed by atoms with Crippen LogP contribution in [0, 0.1) is 12.3 Å². The predicted molar refractivity (Wildman–Crippen MR) is 102 cm³/mol. The number of fused-ring (bicyclic) bond motifs is 2. The van der Waals surface area contributed by atoms with E-state index in [1.165, 1.54) is 6.33 Å². The van der Waals surface area contributed by atoms with E-state index in [1.54, 1.807) is 0 Å². The molecule has 128 valence electrons. The predicted octanol–water partition coefficient (Wildman–Crippen LogP) is 3.75. The van der Waals surface area contributed by atoms with Crippen LogP contribution in [-0.4, -0.2) is 20.3 Å². The summed E-state index contributed by atoms with van der Waals surface area (Å²) in [7, 11) is 0. The summed E-state index contributed by atoms with van der Waals surface area (Å²) in [4.78, 5) is 21.8. The third-order valence-corrected chi connectivity index (χ3v) is 5.35. The number of hydrogen-bond donors (Lipinski definition) is 2. The minimum Gasteiger partial charge on any atom is -0.383 e. The molecule has 6 heteroatoms. The Morgan fingerprint density at radius 1 is 1.24 bits per heavy atom. The third-order valence-electron chi connectivity index (χ3n) is 4.91. The Morgan fingerprint density at radius 2 is 2.00 bits per heavy atom. The maximum atomic E-state index is 12.6. The Balaban J connectivity index is 1.98. The van der Waals surface area contributed by atoms with Crippen molar-refractivity contribution in [1.82, 2.24) is 14.5 Å². The number of nitrogen functional groups attached to an aromatic ring is 1. The van der Waals surface area contributed by atoms with E-state index in [0.29, 0.717) is 12.2 Å². The molecule has 2 heterocycles. The number of hydrogen-bond acceptors (Lipinski definition) is 5. The normalized spacial score (nSPS) is 16.2. The molecule has 0 aliphatic heterocycles. The molecule has 4 rings (SSSR count). The Labute approximate surface area is 151 Å². The lowest BCUT2D eigenvalue weighted by Gasteiger charge is -2.30. The topological polar surface area (TPSA) is 73.8 Å². The first kappa shape index (κ1) is 16.1. The van der Waals surface area contributed by atoms with Gasteiger partial charge in [0.15, 0.2) is 5.78 Å². The minimum absolute atomic E-state index is 0.0488. The Hall–Kier alpha value is -2.34. The zero-order valence-corrected chi connectivity index (χ0v) is 15.4. The largest absolute Gasteiger partial charge is 0.383 e. The fourth-order valence-corrected chi connectivity index (χ4v) is 4.17. The molecule has 3 aromatic rings.